The summed E-state index contributed by atoms with van der Waals surface area (Å²) >= 11 is 7.39. The van der Waals surface area contributed by atoms with E-state index in [0.717, 1.165) is 64.9 Å². The number of imidazole rings is 2. The Morgan fingerprint density at radius 2 is 1.00 bits per heavy atom. The largest absolute Gasteiger partial charge is 0.457 e. The Hall–Kier alpha value is -3.32. The van der Waals surface area contributed by atoms with Gasteiger partial charge >= 0.3 is 0 Å². The molecule has 0 aliphatic heterocycles. The number of fused-ring (bicyclic) bond motifs is 2. The first-order chi connectivity index (χ1) is 21.5. The number of nitrogens with zero attached hydrogens (tertiary/aromatic N) is 2. The van der Waals surface area contributed by atoms with Crippen LogP contribution < -0.4 is 15.4 Å². The summed E-state index contributed by atoms with van der Waals surface area (Å²) in [5, 5.41) is 22.9. The predicted octanol–water partition coefficient (Wildman–Crippen LogP) is 10.4. The lowest BCUT2D eigenvalue weighted by Gasteiger charge is -2.10. The molecule has 0 radical (unpaired) electrons. The summed E-state index contributed by atoms with van der Waals surface area (Å²) in [5.41, 5.74) is 6.79. The summed E-state index contributed by atoms with van der Waals surface area (Å²) in [5.74, 6) is 3.56. The van der Waals surface area contributed by atoms with Crippen LogP contribution in [0.15, 0.2) is 81.7 Å². The highest BCUT2D eigenvalue weighted by atomic mass is 79.9. The number of benzene rings is 4. The summed E-state index contributed by atoms with van der Waals surface area (Å²) < 4.78 is 7.88. The van der Waals surface area contributed by atoms with Crippen LogP contribution in [0.25, 0.3) is 44.8 Å². The van der Waals surface area contributed by atoms with Gasteiger partial charge in [0.05, 0.1) is 22.1 Å². The van der Waals surface area contributed by atoms with E-state index in [1.165, 1.54) is 0 Å². The van der Waals surface area contributed by atoms with Crippen molar-refractivity contribution in [3.63, 3.8) is 0 Å². The number of aromatic amines is 2. The molecule has 0 saturated heterocycles. The van der Waals surface area contributed by atoms with Gasteiger partial charge in [-0.1, -0.05) is 0 Å². The van der Waals surface area contributed by atoms with E-state index in [1.807, 2.05) is 100 Å². The van der Waals surface area contributed by atoms with Crippen LogP contribution in [0, 0.1) is 10.8 Å². The number of H-pyrrole nitrogens is 2. The summed E-state index contributed by atoms with van der Waals surface area (Å²) in [6, 6.07) is 23.5. The van der Waals surface area contributed by atoms with Gasteiger partial charge in [0.25, 0.3) is 0 Å². The van der Waals surface area contributed by atoms with E-state index < -0.39 is 0 Å². The van der Waals surface area contributed by atoms with Crippen LogP contribution in [0.2, 0.25) is 0 Å². The third-order valence-corrected chi connectivity index (χ3v) is 8.35. The van der Waals surface area contributed by atoms with Crippen molar-refractivity contribution in [3.05, 3.63) is 92.9 Å². The van der Waals surface area contributed by atoms with Gasteiger partial charge in [-0.3, -0.25) is 10.8 Å². The Labute approximate surface area is 326 Å². The Morgan fingerprint density at radius 3 is 1.35 bits per heavy atom. The molecule has 0 aliphatic rings. The van der Waals surface area contributed by atoms with E-state index >= 15 is 0 Å². The van der Waals surface area contributed by atoms with Crippen molar-refractivity contribution in [2.45, 2.75) is 39.8 Å². The quantitative estimate of drug-likeness (QED) is 0.0668. The van der Waals surface area contributed by atoms with Crippen molar-refractivity contribution in [2.24, 2.45) is 0 Å². The minimum absolute atomic E-state index is 0. The maximum Gasteiger partial charge on any atom is 0.139 e. The van der Waals surface area contributed by atoms with E-state index in [0.29, 0.717) is 23.2 Å². The third kappa shape index (κ3) is 9.48. The summed E-state index contributed by atoms with van der Waals surface area (Å²) in [7, 11) is 0. The van der Waals surface area contributed by atoms with Gasteiger partial charge in [-0.05, 0) is 132 Å². The van der Waals surface area contributed by atoms with Crippen molar-refractivity contribution in [1.29, 1.82) is 10.8 Å². The molecule has 0 fully saturated rings. The second-order valence-electron chi connectivity index (χ2n) is 11.4. The summed E-state index contributed by atoms with van der Waals surface area (Å²) in [4.78, 5) is 16.3. The maximum atomic E-state index is 8.30. The maximum absolute atomic E-state index is 8.30. The molecule has 6 rings (SSSR count). The zero-order valence-electron chi connectivity index (χ0n) is 26.8. The molecule has 0 saturated carbocycles. The number of amidine groups is 2. The number of rotatable bonds is 8. The Balaban J connectivity index is 0.00000208. The van der Waals surface area contributed by atoms with Crippen molar-refractivity contribution >= 4 is 115 Å². The first kappa shape index (κ1) is 41.8. The van der Waals surface area contributed by atoms with E-state index in [9.17, 15) is 0 Å². The monoisotopic (exact) mass is 870 g/mol. The molecular formula is C34H36Br2Cl4N8O. The zero-order chi connectivity index (χ0) is 31.8. The highest BCUT2D eigenvalue weighted by molar-refractivity contribution is 9.11. The van der Waals surface area contributed by atoms with Crippen LogP contribution in [0.5, 0.6) is 11.5 Å². The molecule has 2 aromatic heterocycles. The van der Waals surface area contributed by atoms with Crippen molar-refractivity contribution in [2.75, 3.05) is 0 Å². The van der Waals surface area contributed by atoms with Crippen molar-refractivity contribution in [1.82, 2.24) is 30.6 Å². The van der Waals surface area contributed by atoms with E-state index in [1.54, 1.807) is 0 Å². The SMILES string of the molecule is CC(C)NC(=N)c1ccc2nc(-c3ccc(Oc4ccc(-c5nc6ccc(C(=N)NC(C)C)cc6[nH]5)c(Br)c4)cc3Br)[nH]c2c1.Cl.Cl.Cl.Cl. The number of nitrogens with one attached hydrogen (secondary N) is 6. The van der Waals surface area contributed by atoms with Crippen LogP contribution in [-0.4, -0.2) is 43.7 Å². The highest BCUT2D eigenvalue weighted by Gasteiger charge is 2.15. The molecule has 0 atom stereocenters. The van der Waals surface area contributed by atoms with Crippen LogP contribution in [0.4, 0.5) is 0 Å². The fourth-order valence-corrected chi connectivity index (χ4v) is 6.06. The lowest BCUT2D eigenvalue weighted by atomic mass is 10.1. The molecule has 0 bridgehead atoms. The van der Waals surface area contributed by atoms with E-state index in [4.69, 9.17) is 25.5 Å². The Bertz CT molecular complexity index is 1950. The third-order valence-electron chi connectivity index (χ3n) is 7.03. The molecule has 49 heavy (non-hydrogen) atoms. The van der Waals surface area contributed by atoms with Gasteiger partial charge in [-0.15, -0.1) is 49.6 Å². The first-order valence-electron chi connectivity index (χ1n) is 14.5. The number of hydrogen-bond acceptors (Lipinski definition) is 5. The van der Waals surface area contributed by atoms with Gasteiger partial charge in [-0.25, -0.2) is 9.97 Å². The minimum atomic E-state index is 0. The molecule has 6 aromatic rings. The Morgan fingerprint density at radius 1 is 0.612 bits per heavy atom. The molecule has 0 spiro atoms. The number of halogens is 6. The predicted molar refractivity (Wildman–Crippen MR) is 218 cm³/mol. The summed E-state index contributed by atoms with van der Waals surface area (Å²) in [6.07, 6.45) is 0. The zero-order valence-corrected chi connectivity index (χ0v) is 33.2. The van der Waals surface area contributed by atoms with Gasteiger partial charge in [0.2, 0.25) is 0 Å². The molecule has 2 heterocycles. The van der Waals surface area contributed by atoms with Crippen LogP contribution >= 0.6 is 81.5 Å². The Kier molecular flexibility index (Phi) is 15.0. The van der Waals surface area contributed by atoms with Crippen molar-refractivity contribution in [3.8, 4) is 34.3 Å². The standard InChI is InChI=1S/C34H32Br2N8O.4ClH/c1-17(2)39-31(37)19-5-11-27-29(13-19)43-33(41-27)23-9-7-21(15-25(23)35)45-22-8-10-24(26(36)16-22)34-42-28-12-6-20(14-30(28)44-34)32(38)40-18(3)4;;;;/h5-18H,1-4H3,(H2,37,39)(H2,38,40)(H,41,43)(H,42,44);4*1H. The molecule has 0 unspecified atom stereocenters. The van der Waals surface area contributed by atoms with Gasteiger partial charge in [0.1, 0.15) is 34.8 Å². The van der Waals surface area contributed by atoms with Gasteiger partial charge in [0, 0.05) is 43.3 Å². The second kappa shape index (κ2) is 17.6. The molecule has 9 nitrogen and oxygen atoms in total. The normalized spacial score (nSPS) is 10.5. The molecular weight excluding hydrogens is 838 g/mol. The van der Waals surface area contributed by atoms with E-state index in [2.05, 4.69) is 52.5 Å². The average molecular weight is 874 g/mol. The van der Waals surface area contributed by atoms with Gasteiger partial charge in [-0.2, -0.15) is 0 Å². The number of hydrogen-bond donors (Lipinski definition) is 6. The summed E-state index contributed by atoms with van der Waals surface area (Å²) in [6.45, 7) is 8.05. The van der Waals surface area contributed by atoms with E-state index in [-0.39, 0.29) is 61.7 Å². The molecule has 0 amide bonds. The van der Waals surface area contributed by atoms with Crippen LogP contribution in [0.1, 0.15) is 38.8 Å². The van der Waals surface area contributed by atoms with Crippen LogP contribution in [-0.2, 0) is 0 Å². The molecule has 15 heteroatoms. The molecule has 4 aromatic carbocycles. The fraction of sp³-hybridized carbons (Fsp3) is 0.176. The lowest BCUT2D eigenvalue weighted by molar-refractivity contribution is 0.482. The second-order valence-corrected chi connectivity index (χ2v) is 13.1. The van der Waals surface area contributed by atoms with Gasteiger partial charge in [0.15, 0.2) is 0 Å². The first-order valence-corrected chi connectivity index (χ1v) is 16.1. The fourth-order valence-electron chi connectivity index (χ4n) is 4.97. The number of aromatic nitrogens is 4. The molecule has 0 aliphatic carbocycles. The van der Waals surface area contributed by atoms with Gasteiger partial charge < -0.3 is 25.3 Å². The number of ether oxygens (including phenoxy) is 1. The topological polar surface area (TPSA) is 138 Å². The van der Waals surface area contributed by atoms with Crippen LogP contribution in [0.3, 0.4) is 0 Å². The molecule has 6 N–H and O–H groups in total. The molecule has 260 valence electrons. The average Bonchev–Trinajstić information content (AvgIpc) is 3.60. The highest BCUT2D eigenvalue weighted by Crippen LogP contribution is 2.36. The lowest BCUT2D eigenvalue weighted by Crippen LogP contribution is -2.30. The minimum Gasteiger partial charge on any atom is -0.457 e. The van der Waals surface area contributed by atoms with Crippen molar-refractivity contribution < 1.29 is 4.74 Å². The smallest absolute Gasteiger partial charge is 0.139 e.